The molecule has 226 valence electrons. The molecular formula is C45H36N2. The lowest BCUT2D eigenvalue weighted by molar-refractivity contribution is 0.660. The predicted molar refractivity (Wildman–Crippen MR) is 199 cm³/mol. The summed E-state index contributed by atoms with van der Waals surface area (Å²) in [6.07, 6.45) is 0. The number of hydrogen-bond acceptors (Lipinski definition) is 2. The normalized spacial score (nSPS) is 12.6. The van der Waals surface area contributed by atoms with Gasteiger partial charge in [-0.05, 0) is 112 Å². The Morgan fingerprint density at radius 3 is 1.17 bits per heavy atom. The summed E-state index contributed by atoms with van der Waals surface area (Å²) in [4.78, 5) is 4.62. The molecule has 0 radical (unpaired) electrons. The monoisotopic (exact) mass is 604 g/mol. The standard InChI is InChI=1S/C45H36N2/c1-45(2)43-21-13-12-20-41(43)42-32-34(24-31-44(42)45)33-22-25-38(26-23-33)47(37-18-10-5-11-19-37)40-29-27-39(28-30-40)46(35-14-6-3-7-15-35)36-16-8-4-9-17-36/h3-32H,1-2H3. The number of anilines is 6. The molecule has 1 aliphatic rings. The Labute approximate surface area is 277 Å². The molecule has 1 aliphatic carbocycles. The van der Waals surface area contributed by atoms with E-state index in [0.717, 1.165) is 34.1 Å². The number of benzene rings is 7. The highest BCUT2D eigenvalue weighted by atomic mass is 15.2. The van der Waals surface area contributed by atoms with Crippen molar-refractivity contribution in [3.05, 3.63) is 193 Å². The molecule has 0 saturated heterocycles. The highest BCUT2D eigenvalue weighted by Crippen LogP contribution is 2.49. The maximum absolute atomic E-state index is 2.37. The van der Waals surface area contributed by atoms with E-state index in [1.807, 2.05) is 0 Å². The van der Waals surface area contributed by atoms with Crippen molar-refractivity contribution in [3.63, 3.8) is 0 Å². The number of hydrogen-bond donors (Lipinski definition) is 0. The average molecular weight is 605 g/mol. The smallest absolute Gasteiger partial charge is 0.0463 e. The van der Waals surface area contributed by atoms with Crippen LogP contribution in [0.15, 0.2) is 182 Å². The van der Waals surface area contributed by atoms with Crippen LogP contribution in [0.5, 0.6) is 0 Å². The third-order valence-corrected chi connectivity index (χ3v) is 9.45. The zero-order valence-corrected chi connectivity index (χ0v) is 26.7. The maximum Gasteiger partial charge on any atom is 0.0463 e. The van der Waals surface area contributed by atoms with Crippen molar-refractivity contribution in [2.45, 2.75) is 19.3 Å². The molecule has 0 atom stereocenters. The second kappa shape index (κ2) is 11.8. The quantitative estimate of drug-likeness (QED) is 0.179. The van der Waals surface area contributed by atoms with Crippen molar-refractivity contribution in [2.75, 3.05) is 9.80 Å². The molecule has 47 heavy (non-hydrogen) atoms. The van der Waals surface area contributed by atoms with E-state index in [-0.39, 0.29) is 5.41 Å². The summed E-state index contributed by atoms with van der Waals surface area (Å²) in [5.41, 5.74) is 14.7. The van der Waals surface area contributed by atoms with Crippen LogP contribution < -0.4 is 9.80 Å². The molecule has 8 rings (SSSR count). The Bertz CT molecular complexity index is 2090. The predicted octanol–water partition coefficient (Wildman–Crippen LogP) is 12.6. The first-order valence-corrected chi connectivity index (χ1v) is 16.3. The van der Waals surface area contributed by atoms with Crippen LogP contribution in [0, 0.1) is 0 Å². The summed E-state index contributed by atoms with van der Waals surface area (Å²) in [6, 6.07) is 65.3. The minimum absolute atomic E-state index is 0.0132. The van der Waals surface area contributed by atoms with Crippen LogP contribution in [0.1, 0.15) is 25.0 Å². The molecule has 7 aromatic carbocycles. The van der Waals surface area contributed by atoms with Crippen LogP contribution in [-0.2, 0) is 5.41 Å². The molecule has 0 heterocycles. The fourth-order valence-corrected chi connectivity index (χ4v) is 7.08. The fraction of sp³-hybridized carbons (Fsp3) is 0.0667. The average Bonchev–Trinajstić information content (AvgIpc) is 3.36. The third-order valence-electron chi connectivity index (χ3n) is 9.45. The first-order valence-electron chi connectivity index (χ1n) is 16.3. The van der Waals surface area contributed by atoms with Gasteiger partial charge >= 0.3 is 0 Å². The lowest BCUT2D eigenvalue weighted by Crippen LogP contribution is -2.14. The summed E-state index contributed by atoms with van der Waals surface area (Å²) in [5, 5.41) is 0. The number of nitrogens with zero attached hydrogens (tertiary/aromatic N) is 2. The van der Waals surface area contributed by atoms with Gasteiger partial charge in [-0.1, -0.05) is 117 Å². The minimum atomic E-state index is 0.0132. The molecule has 0 unspecified atom stereocenters. The molecule has 0 aromatic heterocycles. The van der Waals surface area contributed by atoms with Gasteiger partial charge < -0.3 is 9.80 Å². The van der Waals surface area contributed by atoms with Gasteiger partial charge in [-0.15, -0.1) is 0 Å². The lowest BCUT2D eigenvalue weighted by atomic mass is 9.82. The topological polar surface area (TPSA) is 6.48 Å². The van der Waals surface area contributed by atoms with Crippen LogP contribution in [0.2, 0.25) is 0 Å². The van der Waals surface area contributed by atoms with Crippen molar-refractivity contribution in [2.24, 2.45) is 0 Å². The van der Waals surface area contributed by atoms with Gasteiger partial charge in [0.15, 0.2) is 0 Å². The maximum atomic E-state index is 2.37. The SMILES string of the molecule is CC1(C)c2ccccc2-c2cc(-c3ccc(N(c4ccccc4)c4ccc(N(c5ccccc5)c5ccccc5)cc4)cc3)ccc21. The Morgan fingerprint density at radius 1 is 0.319 bits per heavy atom. The highest BCUT2D eigenvalue weighted by Gasteiger charge is 2.35. The van der Waals surface area contributed by atoms with Crippen molar-refractivity contribution < 1.29 is 0 Å². The van der Waals surface area contributed by atoms with E-state index in [4.69, 9.17) is 0 Å². The minimum Gasteiger partial charge on any atom is -0.311 e. The van der Waals surface area contributed by atoms with Crippen LogP contribution in [-0.4, -0.2) is 0 Å². The van der Waals surface area contributed by atoms with Gasteiger partial charge in [0, 0.05) is 39.5 Å². The Morgan fingerprint density at radius 2 is 0.681 bits per heavy atom. The van der Waals surface area contributed by atoms with Crippen molar-refractivity contribution in [1.82, 2.24) is 0 Å². The van der Waals surface area contributed by atoms with Crippen LogP contribution in [0.25, 0.3) is 22.3 Å². The van der Waals surface area contributed by atoms with Crippen LogP contribution in [0.3, 0.4) is 0 Å². The second-order valence-electron chi connectivity index (χ2n) is 12.7. The third kappa shape index (κ3) is 5.18. The summed E-state index contributed by atoms with van der Waals surface area (Å²) in [5.74, 6) is 0. The second-order valence-corrected chi connectivity index (χ2v) is 12.7. The number of para-hydroxylation sites is 3. The largest absolute Gasteiger partial charge is 0.311 e. The van der Waals surface area contributed by atoms with Gasteiger partial charge in [0.2, 0.25) is 0 Å². The zero-order valence-electron chi connectivity index (χ0n) is 26.7. The van der Waals surface area contributed by atoms with Gasteiger partial charge in [0.05, 0.1) is 0 Å². The molecular weight excluding hydrogens is 569 g/mol. The number of fused-ring (bicyclic) bond motifs is 3. The number of rotatable bonds is 7. The summed E-state index contributed by atoms with van der Waals surface area (Å²) < 4.78 is 0. The van der Waals surface area contributed by atoms with Gasteiger partial charge in [-0.2, -0.15) is 0 Å². The van der Waals surface area contributed by atoms with Crippen molar-refractivity contribution >= 4 is 34.1 Å². The van der Waals surface area contributed by atoms with E-state index in [1.54, 1.807) is 0 Å². The molecule has 0 saturated carbocycles. The Kier molecular flexibility index (Phi) is 7.19. The van der Waals surface area contributed by atoms with Crippen LogP contribution in [0.4, 0.5) is 34.1 Å². The molecule has 0 aliphatic heterocycles. The molecule has 7 aromatic rings. The van der Waals surface area contributed by atoms with Gasteiger partial charge in [-0.3, -0.25) is 0 Å². The van der Waals surface area contributed by atoms with E-state index >= 15 is 0 Å². The van der Waals surface area contributed by atoms with Gasteiger partial charge in [0.1, 0.15) is 0 Å². The molecule has 0 spiro atoms. The first kappa shape index (κ1) is 28.6. The molecule has 2 heteroatoms. The summed E-state index contributed by atoms with van der Waals surface area (Å²) >= 11 is 0. The van der Waals surface area contributed by atoms with Crippen molar-refractivity contribution in [3.8, 4) is 22.3 Å². The van der Waals surface area contributed by atoms with E-state index in [0.29, 0.717) is 0 Å². The Balaban J connectivity index is 1.15. The van der Waals surface area contributed by atoms with Crippen LogP contribution >= 0.6 is 0 Å². The van der Waals surface area contributed by atoms with Crippen molar-refractivity contribution in [1.29, 1.82) is 0 Å². The molecule has 0 amide bonds. The van der Waals surface area contributed by atoms with E-state index in [9.17, 15) is 0 Å². The van der Waals surface area contributed by atoms with E-state index < -0.39 is 0 Å². The van der Waals surface area contributed by atoms with Gasteiger partial charge in [0.25, 0.3) is 0 Å². The van der Waals surface area contributed by atoms with Gasteiger partial charge in [-0.25, -0.2) is 0 Å². The lowest BCUT2D eigenvalue weighted by Gasteiger charge is -2.28. The summed E-state index contributed by atoms with van der Waals surface area (Å²) in [7, 11) is 0. The molecule has 0 fully saturated rings. The highest BCUT2D eigenvalue weighted by molar-refractivity contribution is 5.86. The molecule has 0 bridgehead atoms. The van der Waals surface area contributed by atoms with E-state index in [2.05, 4.69) is 206 Å². The summed E-state index contributed by atoms with van der Waals surface area (Å²) in [6.45, 7) is 4.66. The molecule has 2 nitrogen and oxygen atoms in total. The first-order chi connectivity index (χ1) is 23.1. The molecule has 0 N–H and O–H groups in total. The van der Waals surface area contributed by atoms with E-state index in [1.165, 1.54) is 33.4 Å². The zero-order chi connectivity index (χ0) is 31.8. The fourth-order valence-electron chi connectivity index (χ4n) is 7.08. The Hall–Kier alpha value is -5.86.